The molecule has 0 fully saturated rings. The van der Waals surface area contributed by atoms with Crippen LogP contribution in [0.2, 0.25) is 0 Å². The topological polar surface area (TPSA) is 102 Å². The number of hydrogen-bond acceptors (Lipinski definition) is 9. The van der Waals surface area contributed by atoms with Gasteiger partial charge in [0.05, 0.1) is 12.3 Å². The molecule has 0 radical (unpaired) electrons. The first-order valence-corrected chi connectivity index (χ1v) is 10.1. The molecule has 0 atom stereocenters. The molecular weight excluding hydrogens is 386 g/mol. The van der Waals surface area contributed by atoms with Crippen LogP contribution >= 0.6 is 11.8 Å². The molecule has 1 aliphatic rings. The predicted octanol–water partition coefficient (Wildman–Crippen LogP) is 3.52. The maximum absolute atomic E-state index is 5.86. The molecule has 29 heavy (non-hydrogen) atoms. The summed E-state index contributed by atoms with van der Waals surface area (Å²) in [7, 11) is 2.03. The second kappa shape index (κ2) is 8.78. The molecule has 0 bridgehead atoms. The van der Waals surface area contributed by atoms with E-state index in [1.807, 2.05) is 61.6 Å². The number of aromatic nitrogens is 3. The third-order valence-corrected chi connectivity index (χ3v) is 5.23. The van der Waals surface area contributed by atoms with Crippen LogP contribution in [0.5, 0.6) is 11.5 Å². The third kappa shape index (κ3) is 5.14. The van der Waals surface area contributed by atoms with Gasteiger partial charge in [0, 0.05) is 19.3 Å². The largest absolute Gasteiger partial charge is 0.457 e. The smallest absolute Gasteiger partial charge is 0.232 e. The minimum atomic E-state index is 0.184. The Hall–Kier alpha value is -3.33. The van der Waals surface area contributed by atoms with E-state index in [1.165, 1.54) is 0 Å². The van der Waals surface area contributed by atoms with Gasteiger partial charge in [0.15, 0.2) is 5.17 Å². The first-order chi connectivity index (χ1) is 14.2. The number of amidine groups is 1. The zero-order valence-electron chi connectivity index (χ0n) is 15.9. The van der Waals surface area contributed by atoms with E-state index < -0.39 is 0 Å². The average Bonchev–Trinajstić information content (AvgIpc) is 3.13. The van der Waals surface area contributed by atoms with Crippen molar-refractivity contribution >= 4 is 34.5 Å². The summed E-state index contributed by atoms with van der Waals surface area (Å²) in [4.78, 5) is 19.4. The Balaban J connectivity index is 1.40. The number of benzene rings is 2. The highest BCUT2D eigenvalue weighted by Crippen LogP contribution is 2.24. The van der Waals surface area contributed by atoms with E-state index in [9.17, 15) is 0 Å². The number of aliphatic imine (C=N–C) groups is 1. The van der Waals surface area contributed by atoms with Crippen molar-refractivity contribution < 1.29 is 4.74 Å². The standard InChI is InChI=1S/C20H21N7OS/c1-27-12-11-22-20(27)29-13-17-24-18(21)26-19(25-17)23-14-7-9-16(10-8-14)28-15-5-3-2-4-6-15/h2-10H,11-13H2,1H3,(H3,21,23,24,25,26). The number of likely N-dealkylation sites (N-methyl/N-ethyl adjacent to an activating group) is 1. The van der Waals surface area contributed by atoms with Crippen LogP contribution in [-0.4, -0.2) is 45.2 Å². The number of hydrogen-bond donors (Lipinski definition) is 2. The molecule has 3 N–H and O–H groups in total. The molecule has 0 saturated carbocycles. The number of thioether (sulfide) groups is 1. The van der Waals surface area contributed by atoms with Gasteiger partial charge in [-0.05, 0) is 36.4 Å². The number of para-hydroxylation sites is 1. The Kier molecular flexibility index (Phi) is 5.76. The lowest BCUT2D eigenvalue weighted by Gasteiger charge is -2.12. The van der Waals surface area contributed by atoms with Crippen molar-refractivity contribution in [2.45, 2.75) is 5.75 Å². The fourth-order valence-electron chi connectivity index (χ4n) is 2.72. The minimum absolute atomic E-state index is 0.184. The van der Waals surface area contributed by atoms with Crippen molar-refractivity contribution in [1.82, 2.24) is 19.9 Å². The number of nitrogens with two attached hydrogens (primary N) is 1. The molecule has 1 aliphatic heterocycles. The van der Waals surface area contributed by atoms with Crippen molar-refractivity contribution in [3.8, 4) is 11.5 Å². The van der Waals surface area contributed by atoms with Gasteiger partial charge >= 0.3 is 0 Å². The molecule has 0 spiro atoms. The predicted molar refractivity (Wildman–Crippen MR) is 117 cm³/mol. The molecule has 2 heterocycles. The number of nitrogens with zero attached hydrogens (tertiary/aromatic N) is 5. The lowest BCUT2D eigenvalue weighted by Crippen LogP contribution is -2.20. The van der Waals surface area contributed by atoms with Gasteiger partial charge in [-0.1, -0.05) is 30.0 Å². The second-order valence-electron chi connectivity index (χ2n) is 6.37. The first kappa shape index (κ1) is 19.0. The fraction of sp³-hybridized carbons (Fsp3) is 0.200. The van der Waals surface area contributed by atoms with Crippen LogP contribution in [0, 0.1) is 0 Å². The number of nitrogens with one attached hydrogen (secondary N) is 1. The first-order valence-electron chi connectivity index (χ1n) is 9.14. The molecule has 4 rings (SSSR count). The van der Waals surface area contributed by atoms with Crippen LogP contribution < -0.4 is 15.8 Å². The maximum Gasteiger partial charge on any atom is 0.232 e. The van der Waals surface area contributed by atoms with Gasteiger partial charge in [0.1, 0.15) is 17.3 Å². The van der Waals surface area contributed by atoms with E-state index in [0.29, 0.717) is 17.5 Å². The average molecular weight is 408 g/mol. The molecular formula is C20H21N7OS. The highest BCUT2D eigenvalue weighted by Gasteiger charge is 2.14. The minimum Gasteiger partial charge on any atom is -0.457 e. The van der Waals surface area contributed by atoms with E-state index in [1.54, 1.807) is 11.8 Å². The molecule has 148 valence electrons. The Morgan fingerprint density at radius 1 is 1.03 bits per heavy atom. The van der Waals surface area contributed by atoms with Gasteiger partial charge in [-0.25, -0.2) is 0 Å². The third-order valence-electron chi connectivity index (χ3n) is 4.13. The van der Waals surface area contributed by atoms with Gasteiger partial charge in [0.2, 0.25) is 11.9 Å². The summed E-state index contributed by atoms with van der Waals surface area (Å²) in [5, 5.41) is 4.16. The van der Waals surface area contributed by atoms with Crippen LogP contribution in [0.3, 0.4) is 0 Å². The summed E-state index contributed by atoms with van der Waals surface area (Å²) in [6.45, 7) is 1.77. The molecule has 0 amide bonds. The highest BCUT2D eigenvalue weighted by atomic mass is 32.2. The molecule has 1 aromatic heterocycles. The summed E-state index contributed by atoms with van der Waals surface area (Å²) >= 11 is 1.60. The summed E-state index contributed by atoms with van der Waals surface area (Å²) in [6.07, 6.45) is 0. The van der Waals surface area contributed by atoms with Crippen LogP contribution in [-0.2, 0) is 5.75 Å². The molecule has 8 nitrogen and oxygen atoms in total. The van der Waals surface area contributed by atoms with Crippen LogP contribution in [0.25, 0.3) is 0 Å². The van der Waals surface area contributed by atoms with Crippen molar-refractivity contribution in [3.05, 3.63) is 60.4 Å². The van der Waals surface area contributed by atoms with Gasteiger partial charge in [-0.3, -0.25) is 4.99 Å². The molecule has 9 heteroatoms. The van der Waals surface area contributed by atoms with Gasteiger partial charge in [-0.15, -0.1) is 0 Å². The van der Waals surface area contributed by atoms with Crippen molar-refractivity contribution in [2.75, 3.05) is 31.2 Å². The Labute approximate surface area is 173 Å². The summed E-state index contributed by atoms with van der Waals surface area (Å²) < 4.78 is 5.80. The molecule has 2 aromatic carbocycles. The number of rotatable bonds is 6. The zero-order valence-corrected chi connectivity index (χ0v) is 16.8. The summed E-state index contributed by atoms with van der Waals surface area (Å²) in [5.74, 6) is 3.31. The van der Waals surface area contributed by atoms with E-state index in [2.05, 4.69) is 30.2 Å². The Morgan fingerprint density at radius 2 is 1.79 bits per heavy atom. The summed E-state index contributed by atoms with van der Waals surface area (Å²) in [6, 6.07) is 17.2. The van der Waals surface area contributed by atoms with Crippen molar-refractivity contribution in [2.24, 2.45) is 4.99 Å². The van der Waals surface area contributed by atoms with E-state index in [-0.39, 0.29) is 5.95 Å². The lowest BCUT2D eigenvalue weighted by molar-refractivity contribution is 0.483. The Bertz CT molecular complexity index is 995. The van der Waals surface area contributed by atoms with E-state index in [0.717, 1.165) is 35.4 Å². The normalized spacial score (nSPS) is 13.3. The van der Waals surface area contributed by atoms with Crippen LogP contribution in [0.1, 0.15) is 5.82 Å². The van der Waals surface area contributed by atoms with Gasteiger partial charge in [-0.2, -0.15) is 15.0 Å². The van der Waals surface area contributed by atoms with Gasteiger partial charge < -0.3 is 20.7 Å². The van der Waals surface area contributed by atoms with Crippen molar-refractivity contribution in [1.29, 1.82) is 0 Å². The molecule has 0 saturated heterocycles. The van der Waals surface area contributed by atoms with Crippen LogP contribution in [0.15, 0.2) is 59.6 Å². The molecule has 0 unspecified atom stereocenters. The van der Waals surface area contributed by atoms with E-state index >= 15 is 0 Å². The lowest BCUT2D eigenvalue weighted by atomic mass is 10.3. The Morgan fingerprint density at radius 3 is 2.52 bits per heavy atom. The second-order valence-corrected chi connectivity index (χ2v) is 7.31. The summed E-state index contributed by atoms with van der Waals surface area (Å²) in [5.41, 5.74) is 6.69. The van der Waals surface area contributed by atoms with Crippen LogP contribution in [0.4, 0.5) is 17.6 Å². The quantitative estimate of drug-likeness (QED) is 0.640. The molecule has 3 aromatic rings. The molecule has 0 aliphatic carbocycles. The van der Waals surface area contributed by atoms with Gasteiger partial charge in [0.25, 0.3) is 0 Å². The van der Waals surface area contributed by atoms with E-state index in [4.69, 9.17) is 10.5 Å². The number of ether oxygens (including phenoxy) is 1. The number of anilines is 3. The zero-order chi connectivity index (χ0) is 20.1. The number of nitrogen functional groups attached to an aromatic ring is 1. The highest BCUT2D eigenvalue weighted by molar-refractivity contribution is 8.13. The fourth-order valence-corrected chi connectivity index (χ4v) is 3.60. The monoisotopic (exact) mass is 407 g/mol. The van der Waals surface area contributed by atoms with Crippen molar-refractivity contribution in [3.63, 3.8) is 0 Å². The SMILES string of the molecule is CN1CCN=C1SCc1nc(N)nc(Nc2ccc(Oc3ccccc3)cc2)n1. The maximum atomic E-state index is 5.86.